The molecule has 1 heterocycles. The zero-order chi connectivity index (χ0) is 16.7. The first-order valence-corrected chi connectivity index (χ1v) is 8.47. The molecule has 2 rings (SSSR count). The van der Waals surface area contributed by atoms with Crippen molar-refractivity contribution in [1.82, 2.24) is 16.0 Å². The third kappa shape index (κ3) is 5.06. The first-order chi connectivity index (χ1) is 11.1. The van der Waals surface area contributed by atoms with Crippen LogP contribution in [-0.2, 0) is 4.79 Å². The van der Waals surface area contributed by atoms with Crippen LogP contribution >= 0.6 is 0 Å². The normalized spacial score (nSPS) is 16.6. The van der Waals surface area contributed by atoms with Crippen LogP contribution in [0.15, 0.2) is 24.3 Å². The number of carbonyl (C=O) groups is 2. The van der Waals surface area contributed by atoms with Gasteiger partial charge in [-0.3, -0.25) is 9.59 Å². The molecule has 5 heteroatoms. The lowest BCUT2D eigenvalue weighted by Crippen LogP contribution is -2.53. The number of aryl methyl sites for hydroxylation is 1. The molecule has 0 radical (unpaired) electrons. The van der Waals surface area contributed by atoms with Gasteiger partial charge in [0.1, 0.15) is 6.04 Å². The topological polar surface area (TPSA) is 70.2 Å². The van der Waals surface area contributed by atoms with Gasteiger partial charge < -0.3 is 16.0 Å². The van der Waals surface area contributed by atoms with E-state index in [0.29, 0.717) is 12.1 Å². The van der Waals surface area contributed by atoms with Gasteiger partial charge >= 0.3 is 0 Å². The number of nitrogens with one attached hydrogen (secondary N) is 3. The number of benzene rings is 1. The summed E-state index contributed by atoms with van der Waals surface area (Å²) in [7, 11) is 0. The third-order valence-corrected chi connectivity index (χ3v) is 4.25. The molecule has 1 aliphatic rings. The van der Waals surface area contributed by atoms with Crippen LogP contribution in [0.2, 0.25) is 0 Å². The Morgan fingerprint density at radius 3 is 2.70 bits per heavy atom. The van der Waals surface area contributed by atoms with Gasteiger partial charge in [-0.15, -0.1) is 0 Å². The summed E-state index contributed by atoms with van der Waals surface area (Å²) in [6, 6.07) is 6.98. The number of hydrogen-bond donors (Lipinski definition) is 3. The summed E-state index contributed by atoms with van der Waals surface area (Å²) < 4.78 is 0. The van der Waals surface area contributed by atoms with Crippen molar-refractivity contribution < 1.29 is 9.59 Å². The lowest BCUT2D eigenvalue weighted by Gasteiger charge is -2.30. The van der Waals surface area contributed by atoms with Gasteiger partial charge in [0.15, 0.2) is 0 Å². The molecule has 0 saturated carbocycles. The summed E-state index contributed by atoms with van der Waals surface area (Å²) in [5.74, 6) is -0.0644. The third-order valence-electron chi connectivity index (χ3n) is 4.25. The Balaban J connectivity index is 2.09. The first kappa shape index (κ1) is 17.5. The first-order valence-electron chi connectivity index (χ1n) is 8.47. The van der Waals surface area contributed by atoms with Crippen molar-refractivity contribution in [3.05, 3.63) is 35.4 Å². The minimum Gasteiger partial charge on any atom is -0.354 e. The van der Waals surface area contributed by atoms with Crippen LogP contribution < -0.4 is 16.0 Å². The standard InChI is InChI=1S/C18H27N3O2/c1-3-9-20-18(23)16(14-7-10-19-11-8-14)21-17(22)15-6-4-5-13(2)12-15/h4-6,12,14,16,19H,3,7-11H2,1-2H3,(H,20,23)(H,21,22). The Kier molecular flexibility index (Phi) is 6.59. The smallest absolute Gasteiger partial charge is 0.251 e. The predicted molar refractivity (Wildman–Crippen MR) is 91.3 cm³/mol. The second-order valence-electron chi connectivity index (χ2n) is 6.20. The van der Waals surface area contributed by atoms with Gasteiger partial charge in [-0.2, -0.15) is 0 Å². The van der Waals surface area contributed by atoms with E-state index in [4.69, 9.17) is 0 Å². The van der Waals surface area contributed by atoms with Crippen LogP contribution in [0, 0.1) is 12.8 Å². The van der Waals surface area contributed by atoms with Crippen molar-refractivity contribution in [2.75, 3.05) is 19.6 Å². The highest BCUT2D eigenvalue weighted by atomic mass is 16.2. The molecule has 1 fully saturated rings. The van der Waals surface area contributed by atoms with Gasteiger partial charge in [-0.25, -0.2) is 0 Å². The summed E-state index contributed by atoms with van der Waals surface area (Å²) in [6.45, 7) is 6.39. The van der Waals surface area contributed by atoms with Crippen molar-refractivity contribution in [2.45, 2.75) is 39.2 Å². The summed E-state index contributed by atoms with van der Waals surface area (Å²) in [5, 5.41) is 9.18. The van der Waals surface area contributed by atoms with Crippen LogP contribution in [0.25, 0.3) is 0 Å². The molecule has 1 saturated heterocycles. The maximum Gasteiger partial charge on any atom is 0.251 e. The Hall–Kier alpha value is -1.88. The fourth-order valence-corrected chi connectivity index (χ4v) is 2.94. The lowest BCUT2D eigenvalue weighted by molar-refractivity contribution is -0.124. The quantitative estimate of drug-likeness (QED) is 0.747. The van der Waals surface area contributed by atoms with E-state index in [-0.39, 0.29) is 17.7 Å². The molecule has 1 aromatic carbocycles. The average Bonchev–Trinajstić information content (AvgIpc) is 2.58. The molecule has 1 aliphatic heterocycles. The molecule has 0 bridgehead atoms. The van der Waals surface area contributed by atoms with E-state index in [0.717, 1.165) is 37.9 Å². The van der Waals surface area contributed by atoms with E-state index in [9.17, 15) is 9.59 Å². The Labute approximate surface area is 138 Å². The largest absolute Gasteiger partial charge is 0.354 e. The van der Waals surface area contributed by atoms with E-state index >= 15 is 0 Å². The molecule has 5 nitrogen and oxygen atoms in total. The Bertz CT molecular complexity index is 539. The zero-order valence-electron chi connectivity index (χ0n) is 14.0. The zero-order valence-corrected chi connectivity index (χ0v) is 14.0. The van der Waals surface area contributed by atoms with Gasteiger partial charge in [0.05, 0.1) is 0 Å². The highest BCUT2D eigenvalue weighted by Crippen LogP contribution is 2.17. The molecule has 126 valence electrons. The maximum absolute atomic E-state index is 12.5. The van der Waals surface area contributed by atoms with Crippen LogP contribution in [0.3, 0.4) is 0 Å². The maximum atomic E-state index is 12.5. The van der Waals surface area contributed by atoms with Crippen LogP contribution in [0.1, 0.15) is 42.1 Å². The number of rotatable bonds is 6. The fraction of sp³-hybridized carbons (Fsp3) is 0.556. The van der Waals surface area contributed by atoms with E-state index in [1.807, 2.05) is 32.0 Å². The minimum absolute atomic E-state index is 0.0697. The molecule has 3 N–H and O–H groups in total. The Morgan fingerprint density at radius 1 is 1.30 bits per heavy atom. The summed E-state index contributed by atoms with van der Waals surface area (Å²) in [4.78, 5) is 25.0. The average molecular weight is 317 g/mol. The molecular formula is C18H27N3O2. The monoisotopic (exact) mass is 317 g/mol. The number of carbonyl (C=O) groups excluding carboxylic acids is 2. The molecular weight excluding hydrogens is 290 g/mol. The second kappa shape index (κ2) is 8.67. The van der Waals surface area contributed by atoms with Crippen molar-refractivity contribution in [3.8, 4) is 0 Å². The molecule has 2 amide bonds. The summed E-state index contributed by atoms with van der Waals surface area (Å²) in [5.41, 5.74) is 1.64. The molecule has 0 aromatic heterocycles. The van der Waals surface area contributed by atoms with E-state index in [1.54, 1.807) is 6.07 Å². The number of amides is 2. The van der Waals surface area contributed by atoms with Crippen molar-refractivity contribution in [2.24, 2.45) is 5.92 Å². The Morgan fingerprint density at radius 2 is 2.04 bits per heavy atom. The van der Waals surface area contributed by atoms with Gasteiger partial charge in [0.2, 0.25) is 5.91 Å². The molecule has 1 atom stereocenters. The molecule has 1 unspecified atom stereocenters. The summed E-state index contributed by atoms with van der Waals surface area (Å²) >= 11 is 0. The van der Waals surface area contributed by atoms with Gasteiger partial charge in [-0.05, 0) is 57.3 Å². The molecule has 0 spiro atoms. The van der Waals surface area contributed by atoms with Crippen LogP contribution in [0.5, 0.6) is 0 Å². The van der Waals surface area contributed by atoms with Crippen molar-refractivity contribution >= 4 is 11.8 Å². The molecule has 1 aromatic rings. The SMILES string of the molecule is CCCNC(=O)C(NC(=O)c1cccc(C)c1)C1CCNCC1. The van der Waals surface area contributed by atoms with Crippen molar-refractivity contribution in [1.29, 1.82) is 0 Å². The highest BCUT2D eigenvalue weighted by molar-refractivity contribution is 5.97. The van der Waals surface area contributed by atoms with Gasteiger partial charge in [0, 0.05) is 12.1 Å². The lowest BCUT2D eigenvalue weighted by atomic mass is 9.89. The minimum atomic E-state index is -0.461. The molecule has 0 aliphatic carbocycles. The summed E-state index contributed by atoms with van der Waals surface area (Å²) in [6.07, 6.45) is 2.69. The highest BCUT2D eigenvalue weighted by Gasteiger charge is 2.30. The van der Waals surface area contributed by atoms with Crippen LogP contribution in [0.4, 0.5) is 0 Å². The van der Waals surface area contributed by atoms with E-state index in [1.165, 1.54) is 0 Å². The number of piperidine rings is 1. The fourth-order valence-electron chi connectivity index (χ4n) is 2.94. The number of hydrogen-bond acceptors (Lipinski definition) is 3. The van der Waals surface area contributed by atoms with Crippen molar-refractivity contribution in [3.63, 3.8) is 0 Å². The van der Waals surface area contributed by atoms with E-state index < -0.39 is 6.04 Å². The molecule has 23 heavy (non-hydrogen) atoms. The van der Waals surface area contributed by atoms with Gasteiger partial charge in [-0.1, -0.05) is 24.6 Å². The van der Waals surface area contributed by atoms with Crippen LogP contribution in [-0.4, -0.2) is 37.5 Å². The van der Waals surface area contributed by atoms with Gasteiger partial charge in [0.25, 0.3) is 5.91 Å². The van der Waals surface area contributed by atoms with E-state index in [2.05, 4.69) is 16.0 Å². The second-order valence-corrected chi connectivity index (χ2v) is 6.20. The predicted octanol–water partition coefficient (Wildman–Crippen LogP) is 1.62.